The highest BCUT2D eigenvalue weighted by Crippen LogP contribution is 2.25. The zero-order valence-corrected chi connectivity index (χ0v) is 14.8. The van der Waals surface area contributed by atoms with E-state index in [4.69, 9.17) is 4.74 Å². The standard InChI is InChI=1S/C19H23N3O3/c1-12-6-4-5-7-15(12)17-11-22(8-9-25-17)18(23)10-16-13(2)20-14(3)21-19(16)24/h4-7,17H,8-11H2,1-3H3,(H,20,21,24)/t17-/m1/s1. The van der Waals surface area contributed by atoms with Gasteiger partial charge in [-0.05, 0) is 31.9 Å². The van der Waals surface area contributed by atoms with Crippen molar-refractivity contribution in [3.63, 3.8) is 0 Å². The number of ether oxygens (including phenoxy) is 1. The Morgan fingerprint density at radius 3 is 2.80 bits per heavy atom. The van der Waals surface area contributed by atoms with Gasteiger partial charge >= 0.3 is 0 Å². The van der Waals surface area contributed by atoms with Crippen LogP contribution in [0.2, 0.25) is 0 Å². The lowest BCUT2D eigenvalue weighted by atomic mass is 10.0. The molecule has 0 unspecified atom stereocenters. The summed E-state index contributed by atoms with van der Waals surface area (Å²) in [4.78, 5) is 33.5. The molecule has 1 aliphatic heterocycles. The van der Waals surface area contributed by atoms with Crippen LogP contribution in [0.4, 0.5) is 0 Å². The predicted octanol–water partition coefficient (Wildman–Crippen LogP) is 1.84. The van der Waals surface area contributed by atoms with Crippen LogP contribution < -0.4 is 5.56 Å². The van der Waals surface area contributed by atoms with E-state index in [1.807, 2.05) is 31.2 Å². The number of hydrogen-bond donors (Lipinski definition) is 1. The quantitative estimate of drug-likeness (QED) is 0.924. The van der Waals surface area contributed by atoms with E-state index >= 15 is 0 Å². The van der Waals surface area contributed by atoms with E-state index in [9.17, 15) is 9.59 Å². The number of carbonyl (C=O) groups excluding carboxylic acids is 1. The number of rotatable bonds is 3. The summed E-state index contributed by atoms with van der Waals surface area (Å²) in [5, 5.41) is 0. The van der Waals surface area contributed by atoms with Crippen LogP contribution in [-0.4, -0.2) is 40.5 Å². The Balaban J connectivity index is 1.75. The van der Waals surface area contributed by atoms with Crippen molar-refractivity contribution in [1.82, 2.24) is 14.9 Å². The van der Waals surface area contributed by atoms with Crippen molar-refractivity contribution in [1.29, 1.82) is 0 Å². The molecule has 132 valence electrons. The second kappa shape index (κ2) is 7.19. The number of hydrogen-bond acceptors (Lipinski definition) is 4. The van der Waals surface area contributed by atoms with Gasteiger partial charge in [-0.1, -0.05) is 24.3 Å². The largest absolute Gasteiger partial charge is 0.370 e. The molecule has 1 fully saturated rings. The topological polar surface area (TPSA) is 75.3 Å². The first-order valence-electron chi connectivity index (χ1n) is 8.47. The molecule has 0 radical (unpaired) electrons. The summed E-state index contributed by atoms with van der Waals surface area (Å²) < 4.78 is 5.86. The average molecular weight is 341 g/mol. The van der Waals surface area contributed by atoms with Crippen LogP contribution in [0.1, 0.15) is 34.3 Å². The van der Waals surface area contributed by atoms with Crippen LogP contribution in [0.15, 0.2) is 29.1 Å². The first kappa shape index (κ1) is 17.4. The molecule has 0 bridgehead atoms. The molecule has 0 saturated carbocycles. The molecule has 1 saturated heterocycles. The predicted molar refractivity (Wildman–Crippen MR) is 94.5 cm³/mol. The van der Waals surface area contributed by atoms with Gasteiger partial charge in [-0.3, -0.25) is 9.59 Å². The summed E-state index contributed by atoms with van der Waals surface area (Å²) in [6.07, 6.45) is -0.0657. The second-order valence-electron chi connectivity index (χ2n) is 6.45. The van der Waals surface area contributed by atoms with Gasteiger partial charge in [0, 0.05) is 17.8 Å². The molecule has 2 heterocycles. The summed E-state index contributed by atoms with van der Waals surface area (Å²) in [5.41, 5.74) is 3.07. The molecule has 1 aromatic carbocycles. The van der Waals surface area contributed by atoms with Crippen LogP contribution in [0, 0.1) is 20.8 Å². The third kappa shape index (κ3) is 3.79. The van der Waals surface area contributed by atoms with Crippen molar-refractivity contribution < 1.29 is 9.53 Å². The van der Waals surface area contributed by atoms with E-state index in [2.05, 4.69) is 9.97 Å². The smallest absolute Gasteiger partial charge is 0.254 e. The number of amides is 1. The van der Waals surface area contributed by atoms with Gasteiger partial charge in [0.2, 0.25) is 5.91 Å². The van der Waals surface area contributed by atoms with Gasteiger partial charge < -0.3 is 14.6 Å². The van der Waals surface area contributed by atoms with Crippen molar-refractivity contribution in [3.05, 3.63) is 62.8 Å². The van der Waals surface area contributed by atoms with Crippen LogP contribution in [0.25, 0.3) is 0 Å². The van der Waals surface area contributed by atoms with Crippen LogP contribution in [-0.2, 0) is 16.0 Å². The molecular formula is C19H23N3O3. The molecule has 1 aliphatic rings. The maximum atomic E-state index is 12.7. The number of carbonyl (C=O) groups is 1. The van der Waals surface area contributed by atoms with Gasteiger partial charge in [0.1, 0.15) is 11.9 Å². The SMILES string of the molecule is Cc1nc(C)c(CC(=O)N2CCO[C@@H](c3ccccc3C)C2)c(=O)[nH]1. The third-order valence-electron chi connectivity index (χ3n) is 4.62. The van der Waals surface area contributed by atoms with Gasteiger partial charge in [-0.25, -0.2) is 4.98 Å². The molecule has 1 aromatic heterocycles. The Labute approximate surface area is 146 Å². The lowest BCUT2D eigenvalue weighted by molar-refractivity contribution is -0.138. The molecule has 1 amide bonds. The Morgan fingerprint density at radius 2 is 2.08 bits per heavy atom. The van der Waals surface area contributed by atoms with Crippen molar-refractivity contribution in [2.24, 2.45) is 0 Å². The fourth-order valence-electron chi connectivity index (χ4n) is 3.23. The van der Waals surface area contributed by atoms with Crippen molar-refractivity contribution in [2.45, 2.75) is 33.3 Å². The number of aromatic amines is 1. The molecule has 3 rings (SSSR count). The molecule has 0 spiro atoms. The minimum absolute atomic E-state index is 0.0644. The number of aromatic nitrogens is 2. The zero-order chi connectivity index (χ0) is 18.0. The Kier molecular flexibility index (Phi) is 4.99. The van der Waals surface area contributed by atoms with Crippen molar-refractivity contribution in [2.75, 3.05) is 19.7 Å². The summed E-state index contributed by atoms with van der Waals surface area (Å²) in [6, 6.07) is 8.05. The second-order valence-corrected chi connectivity index (χ2v) is 6.45. The van der Waals surface area contributed by atoms with Crippen LogP contribution in [0.5, 0.6) is 0 Å². The van der Waals surface area contributed by atoms with Gasteiger partial charge in [0.15, 0.2) is 0 Å². The molecule has 25 heavy (non-hydrogen) atoms. The fraction of sp³-hybridized carbons (Fsp3) is 0.421. The molecule has 0 aliphatic carbocycles. The minimum atomic E-state index is -0.234. The molecule has 6 nitrogen and oxygen atoms in total. The van der Waals surface area contributed by atoms with E-state index < -0.39 is 0 Å². The number of H-pyrrole nitrogens is 1. The first-order valence-corrected chi connectivity index (χ1v) is 8.47. The minimum Gasteiger partial charge on any atom is -0.370 e. The van der Waals surface area contributed by atoms with Crippen molar-refractivity contribution >= 4 is 5.91 Å². The summed E-state index contributed by atoms with van der Waals surface area (Å²) >= 11 is 0. The maximum absolute atomic E-state index is 12.7. The number of morpholine rings is 1. The third-order valence-corrected chi connectivity index (χ3v) is 4.62. The Bertz CT molecular complexity index is 844. The van der Waals surface area contributed by atoms with E-state index in [0.29, 0.717) is 36.8 Å². The molecule has 1 N–H and O–H groups in total. The van der Waals surface area contributed by atoms with Gasteiger partial charge in [-0.2, -0.15) is 0 Å². The van der Waals surface area contributed by atoms with E-state index in [1.54, 1.807) is 18.7 Å². The number of benzene rings is 1. The monoisotopic (exact) mass is 341 g/mol. The first-order chi connectivity index (χ1) is 12.0. The van der Waals surface area contributed by atoms with Crippen LogP contribution in [0.3, 0.4) is 0 Å². The van der Waals surface area contributed by atoms with E-state index in [1.165, 1.54) is 0 Å². The van der Waals surface area contributed by atoms with Crippen LogP contribution >= 0.6 is 0 Å². The fourth-order valence-corrected chi connectivity index (χ4v) is 3.23. The summed E-state index contributed by atoms with van der Waals surface area (Å²) in [7, 11) is 0. The highest BCUT2D eigenvalue weighted by Gasteiger charge is 2.27. The van der Waals surface area contributed by atoms with E-state index in [-0.39, 0.29) is 24.0 Å². The van der Waals surface area contributed by atoms with Gasteiger partial charge in [-0.15, -0.1) is 0 Å². The Morgan fingerprint density at radius 1 is 1.32 bits per heavy atom. The molecule has 2 aromatic rings. The number of aryl methyl sites for hydroxylation is 3. The molecule has 6 heteroatoms. The van der Waals surface area contributed by atoms with Gasteiger partial charge in [0.25, 0.3) is 5.56 Å². The highest BCUT2D eigenvalue weighted by molar-refractivity contribution is 5.79. The van der Waals surface area contributed by atoms with Gasteiger partial charge in [0.05, 0.1) is 19.6 Å². The van der Waals surface area contributed by atoms with Crippen molar-refractivity contribution in [3.8, 4) is 0 Å². The number of nitrogens with zero attached hydrogens (tertiary/aromatic N) is 2. The molecular weight excluding hydrogens is 318 g/mol. The normalized spacial score (nSPS) is 17.6. The average Bonchev–Trinajstić information content (AvgIpc) is 2.58. The molecule has 1 atom stereocenters. The summed E-state index contributed by atoms with van der Waals surface area (Å²) in [5.74, 6) is 0.492. The maximum Gasteiger partial charge on any atom is 0.254 e. The lowest BCUT2D eigenvalue weighted by Gasteiger charge is -2.34. The van der Waals surface area contributed by atoms with E-state index in [0.717, 1.165) is 11.1 Å². The summed E-state index contributed by atoms with van der Waals surface area (Å²) in [6.45, 7) is 7.07. The highest BCUT2D eigenvalue weighted by atomic mass is 16.5. The number of nitrogens with one attached hydrogen (secondary N) is 1. The lowest BCUT2D eigenvalue weighted by Crippen LogP contribution is -2.43. The Hall–Kier alpha value is -2.47. The zero-order valence-electron chi connectivity index (χ0n) is 14.8.